The lowest BCUT2D eigenvalue weighted by molar-refractivity contribution is -0.148. The minimum absolute atomic E-state index is 0.0472. The Kier molecular flexibility index (Phi) is 8.01. The number of amides is 1. The average Bonchev–Trinajstić information content (AvgIpc) is 3.27. The molecule has 0 unspecified atom stereocenters. The van der Waals surface area contributed by atoms with Gasteiger partial charge in [0.25, 0.3) is 5.91 Å². The smallest absolute Gasteiger partial charge is 0.333 e. The van der Waals surface area contributed by atoms with Crippen molar-refractivity contribution in [2.45, 2.75) is 12.6 Å². The predicted molar refractivity (Wildman–Crippen MR) is 134 cm³/mol. The molecular weight excluding hydrogens is 522 g/mol. The maximum atomic E-state index is 14.2. The van der Waals surface area contributed by atoms with Crippen molar-refractivity contribution in [3.63, 3.8) is 0 Å². The number of hydrazine groups is 1. The third-order valence-electron chi connectivity index (χ3n) is 5.51. The van der Waals surface area contributed by atoms with Gasteiger partial charge in [0.05, 0.1) is 6.54 Å². The first kappa shape index (κ1) is 26.7. The quantitative estimate of drug-likeness (QED) is 0.237. The number of carbonyl (C=O) groups is 2. The summed E-state index contributed by atoms with van der Waals surface area (Å²) in [6, 6.07) is 17.2. The molecular formula is C26H21ClF2N4O5. The molecule has 12 heteroatoms. The highest BCUT2D eigenvalue weighted by molar-refractivity contribution is 6.30. The number of aliphatic carboxylic acids is 1. The summed E-state index contributed by atoms with van der Waals surface area (Å²) < 4.78 is 29.2. The molecule has 4 aromatic rings. The highest BCUT2D eigenvalue weighted by Crippen LogP contribution is 2.26. The number of benzene rings is 3. The Labute approximate surface area is 220 Å². The lowest BCUT2D eigenvalue weighted by Crippen LogP contribution is -2.47. The van der Waals surface area contributed by atoms with Crippen LogP contribution in [0.5, 0.6) is 5.88 Å². The fourth-order valence-electron chi connectivity index (χ4n) is 3.65. The van der Waals surface area contributed by atoms with E-state index < -0.39 is 42.0 Å². The van der Waals surface area contributed by atoms with Crippen LogP contribution in [0.4, 0.5) is 8.78 Å². The molecule has 0 bridgehead atoms. The van der Waals surface area contributed by atoms with Gasteiger partial charge < -0.3 is 15.3 Å². The second-order valence-electron chi connectivity index (χ2n) is 8.25. The van der Waals surface area contributed by atoms with Gasteiger partial charge in [-0.15, -0.1) is 0 Å². The Morgan fingerprint density at radius 3 is 2.42 bits per heavy atom. The molecule has 0 saturated carbocycles. The van der Waals surface area contributed by atoms with Crippen LogP contribution in [0.2, 0.25) is 5.02 Å². The second kappa shape index (κ2) is 11.4. The number of hydrogen-bond donors (Lipinski definition) is 4. The monoisotopic (exact) mass is 542 g/mol. The summed E-state index contributed by atoms with van der Waals surface area (Å²) in [5.74, 6) is -3.98. The molecule has 38 heavy (non-hydrogen) atoms. The maximum Gasteiger partial charge on any atom is 0.333 e. The van der Waals surface area contributed by atoms with Gasteiger partial charge in [0, 0.05) is 23.2 Å². The maximum absolute atomic E-state index is 14.2. The van der Waals surface area contributed by atoms with Crippen molar-refractivity contribution in [1.29, 1.82) is 0 Å². The first-order valence-electron chi connectivity index (χ1n) is 11.2. The van der Waals surface area contributed by atoms with Gasteiger partial charge in [-0.05, 0) is 41.5 Å². The number of para-hydroxylation sites is 1. The molecule has 0 saturated heterocycles. The zero-order chi connectivity index (χ0) is 27.4. The van der Waals surface area contributed by atoms with Crippen molar-refractivity contribution < 1.29 is 33.7 Å². The fourth-order valence-corrected chi connectivity index (χ4v) is 3.82. The van der Waals surface area contributed by atoms with E-state index in [9.17, 15) is 28.6 Å². The number of aliphatic hydroxyl groups is 1. The number of aliphatic hydroxyl groups excluding tert-OH is 1. The van der Waals surface area contributed by atoms with Crippen LogP contribution < -0.4 is 5.43 Å². The van der Waals surface area contributed by atoms with E-state index in [1.807, 2.05) is 0 Å². The number of hydrogen-bond acceptors (Lipinski definition) is 6. The highest BCUT2D eigenvalue weighted by Gasteiger charge is 2.23. The van der Waals surface area contributed by atoms with E-state index in [0.717, 1.165) is 21.8 Å². The Morgan fingerprint density at radius 2 is 1.74 bits per heavy atom. The molecule has 1 heterocycles. The van der Waals surface area contributed by atoms with Crippen molar-refractivity contribution in [3.8, 4) is 22.7 Å². The van der Waals surface area contributed by atoms with Crippen LogP contribution in [0.15, 0.2) is 72.8 Å². The van der Waals surface area contributed by atoms with Crippen molar-refractivity contribution in [1.82, 2.24) is 20.2 Å². The lowest BCUT2D eigenvalue weighted by atomic mass is 10.0. The lowest BCUT2D eigenvalue weighted by Gasteiger charge is -2.24. The van der Waals surface area contributed by atoms with Crippen LogP contribution in [-0.4, -0.2) is 54.6 Å². The fraction of sp³-hybridized carbons (Fsp3) is 0.115. The number of carboxylic acid groups (broad SMARTS) is 1. The van der Waals surface area contributed by atoms with Crippen LogP contribution in [0.3, 0.4) is 0 Å². The van der Waals surface area contributed by atoms with Crippen LogP contribution in [-0.2, 0) is 11.3 Å². The first-order valence-corrected chi connectivity index (χ1v) is 11.6. The third-order valence-corrected chi connectivity index (χ3v) is 5.74. The van der Waals surface area contributed by atoms with E-state index in [2.05, 4.69) is 10.5 Å². The van der Waals surface area contributed by atoms with E-state index in [4.69, 9.17) is 16.7 Å². The van der Waals surface area contributed by atoms with Gasteiger partial charge in [-0.1, -0.05) is 48.0 Å². The Hall–Kier alpha value is -4.32. The first-order chi connectivity index (χ1) is 18.1. The molecule has 196 valence electrons. The summed E-state index contributed by atoms with van der Waals surface area (Å²) in [6.07, 6.45) is -1.83. The summed E-state index contributed by atoms with van der Waals surface area (Å²) in [4.78, 5) is 24.1. The number of aromatic nitrogens is 2. The Balaban J connectivity index is 1.54. The van der Waals surface area contributed by atoms with Gasteiger partial charge in [-0.25, -0.2) is 18.6 Å². The molecule has 1 aromatic heterocycles. The number of nitrogens with zero attached hydrogens (tertiary/aromatic N) is 3. The number of nitrogens with one attached hydrogen (secondary N) is 1. The number of carboxylic acids is 1. The summed E-state index contributed by atoms with van der Waals surface area (Å²) in [6.45, 7) is -0.542. The van der Waals surface area contributed by atoms with E-state index in [-0.39, 0.29) is 17.9 Å². The van der Waals surface area contributed by atoms with E-state index in [0.29, 0.717) is 21.7 Å². The van der Waals surface area contributed by atoms with Gasteiger partial charge >= 0.3 is 5.97 Å². The molecule has 0 aliphatic heterocycles. The zero-order valence-electron chi connectivity index (χ0n) is 19.6. The van der Waals surface area contributed by atoms with Gasteiger partial charge in [-0.3, -0.25) is 10.2 Å². The van der Waals surface area contributed by atoms with Crippen molar-refractivity contribution >= 4 is 23.5 Å². The molecule has 0 aliphatic carbocycles. The SMILES string of the molecule is O=C(NN(Cc1ccc(-c2cc(Cl)ccc2F)cc1)C[C@@H](O)C(=O)O)c1cc(O)n(-c2ccccc2F)n1. The minimum atomic E-state index is -1.83. The summed E-state index contributed by atoms with van der Waals surface area (Å²) in [7, 11) is 0. The molecule has 0 aliphatic rings. The van der Waals surface area contributed by atoms with Crippen molar-refractivity contribution in [2.75, 3.05) is 6.54 Å². The number of aromatic hydroxyl groups is 1. The molecule has 0 spiro atoms. The van der Waals surface area contributed by atoms with Crippen molar-refractivity contribution in [2.24, 2.45) is 0 Å². The molecule has 3 aromatic carbocycles. The van der Waals surface area contributed by atoms with Crippen LogP contribution in [0.1, 0.15) is 16.1 Å². The second-order valence-corrected chi connectivity index (χ2v) is 8.68. The molecule has 9 nitrogen and oxygen atoms in total. The summed E-state index contributed by atoms with van der Waals surface area (Å²) in [5.41, 5.74) is 3.51. The van der Waals surface area contributed by atoms with E-state index in [1.54, 1.807) is 24.3 Å². The number of carbonyl (C=O) groups excluding carboxylic acids is 1. The Morgan fingerprint density at radius 1 is 1.03 bits per heavy atom. The zero-order valence-corrected chi connectivity index (χ0v) is 20.3. The van der Waals surface area contributed by atoms with Gasteiger partial charge in [0.1, 0.15) is 17.3 Å². The van der Waals surface area contributed by atoms with Crippen molar-refractivity contribution in [3.05, 3.63) is 101 Å². The van der Waals surface area contributed by atoms with Crippen LogP contribution in [0.25, 0.3) is 16.8 Å². The summed E-state index contributed by atoms with van der Waals surface area (Å²) >= 11 is 5.97. The number of halogens is 3. The topological polar surface area (TPSA) is 128 Å². The highest BCUT2D eigenvalue weighted by atomic mass is 35.5. The molecule has 1 amide bonds. The average molecular weight is 543 g/mol. The Bertz CT molecular complexity index is 1480. The summed E-state index contributed by atoms with van der Waals surface area (Å²) in [5, 5.41) is 34.7. The van der Waals surface area contributed by atoms with Gasteiger partial charge in [0.15, 0.2) is 11.8 Å². The molecule has 4 rings (SSSR count). The molecule has 0 radical (unpaired) electrons. The number of rotatable bonds is 9. The molecule has 0 fully saturated rings. The predicted octanol–water partition coefficient (Wildman–Crippen LogP) is 3.77. The largest absolute Gasteiger partial charge is 0.493 e. The van der Waals surface area contributed by atoms with Gasteiger partial charge in [0.2, 0.25) is 5.88 Å². The van der Waals surface area contributed by atoms with E-state index in [1.165, 1.54) is 36.4 Å². The van der Waals surface area contributed by atoms with Gasteiger partial charge in [-0.2, -0.15) is 9.78 Å². The third kappa shape index (κ3) is 6.14. The minimum Gasteiger partial charge on any atom is -0.493 e. The van der Waals surface area contributed by atoms with E-state index >= 15 is 0 Å². The standard InChI is InChI=1S/C26H21ClF2N4O5/c27-17-9-10-19(28)18(11-17)16-7-5-15(6-8-16)13-32(14-23(34)26(37)38)31-25(36)21-12-24(35)33(30-21)22-4-2-1-3-20(22)29/h1-12,23,34-35H,13-14H2,(H,31,36)(H,37,38)/t23-/m1/s1. The molecule has 1 atom stereocenters. The molecule has 4 N–H and O–H groups in total. The van der Waals surface area contributed by atoms with Crippen LogP contribution in [0, 0.1) is 11.6 Å². The normalized spacial score (nSPS) is 11.9. The van der Waals surface area contributed by atoms with Crippen LogP contribution >= 0.6 is 11.6 Å².